The summed E-state index contributed by atoms with van der Waals surface area (Å²) >= 11 is 0. The van der Waals surface area contributed by atoms with Gasteiger partial charge in [-0.2, -0.15) is 0 Å². The molecule has 0 fully saturated rings. The summed E-state index contributed by atoms with van der Waals surface area (Å²) in [6.07, 6.45) is 0.743. The molecule has 0 saturated carbocycles. The molecule has 0 aliphatic carbocycles. The predicted molar refractivity (Wildman–Crippen MR) is 80.7 cm³/mol. The first-order valence-electron chi connectivity index (χ1n) is 6.85. The van der Waals surface area contributed by atoms with Crippen molar-refractivity contribution in [2.24, 2.45) is 0 Å². The van der Waals surface area contributed by atoms with Gasteiger partial charge in [0.15, 0.2) is 0 Å². The number of hydrogen-bond acceptors (Lipinski definition) is 5. The predicted octanol–water partition coefficient (Wildman–Crippen LogP) is 2.18. The van der Waals surface area contributed by atoms with Crippen LogP contribution in [0, 0.1) is 10.1 Å². The maximum absolute atomic E-state index is 12.2. The van der Waals surface area contributed by atoms with Crippen LogP contribution in [0.25, 0.3) is 0 Å². The Hall–Kier alpha value is -2.15. The monoisotopic (exact) mass is 295 g/mol. The standard InChI is InChI=1S/C14H21N3O4/c1-4-11(9-21-3)16-14(18)10-6-7-13(17(19)20)12(8-10)15-5-2/h6-8,11,15H,4-5,9H2,1-3H3,(H,16,18). The molecular formula is C14H21N3O4. The summed E-state index contributed by atoms with van der Waals surface area (Å²) in [5.74, 6) is -0.270. The molecule has 0 aromatic heterocycles. The molecule has 0 bridgehead atoms. The lowest BCUT2D eigenvalue weighted by molar-refractivity contribution is -0.384. The van der Waals surface area contributed by atoms with E-state index in [0.29, 0.717) is 24.4 Å². The largest absolute Gasteiger partial charge is 0.383 e. The molecule has 0 spiro atoms. The number of carbonyl (C=O) groups is 1. The molecular weight excluding hydrogens is 274 g/mol. The van der Waals surface area contributed by atoms with Crippen LogP contribution in [-0.4, -0.2) is 37.1 Å². The summed E-state index contributed by atoms with van der Waals surface area (Å²) in [6, 6.07) is 4.20. The quantitative estimate of drug-likeness (QED) is 0.566. The first-order chi connectivity index (χ1) is 10.0. The minimum absolute atomic E-state index is 0.0441. The zero-order valence-electron chi connectivity index (χ0n) is 12.5. The van der Waals surface area contributed by atoms with E-state index < -0.39 is 4.92 Å². The van der Waals surface area contributed by atoms with Crippen molar-refractivity contribution in [1.82, 2.24) is 5.32 Å². The Morgan fingerprint density at radius 3 is 2.67 bits per heavy atom. The SMILES string of the molecule is CCNc1cc(C(=O)NC(CC)COC)ccc1[N+](=O)[O-]. The molecule has 0 heterocycles. The first-order valence-corrected chi connectivity index (χ1v) is 6.85. The minimum Gasteiger partial charge on any atom is -0.383 e. The number of nitro groups is 1. The van der Waals surface area contributed by atoms with Crippen LogP contribution in [0.4, 0.5) is 11.4 Å². The lowest BCUT2D eigenvalue weighted by atomic mass is 10.1. The lowest BCUT2D eigenvalue weighted by Gasteiger charge is -2.16. The Bertz CT molecular complexity index is 505. The number of nitro benzene ring substituents is 1. The number of methoxy groups -OCH3 is 1. The molecule has 7 nitrogen and oxygen atoms in total. The van der Waals surface area contributed by atoms with Crippen molar-refractivity contribution in [2.75, 3.05) is 25.6 Å². The third kappa shape index (κ3) is 4.71. The molecule has 0 saturated heterocycles. The highest BCUT2D eigenvalue weighted by Crippen LogP contribution is 2.25. The zero-order valence-corrected chi connectivity index (χ0v) is 12.5. The third-order valence-corrected chi connectivity index (χ3v) is 3.02. The van der Waals surface area contributed by atoms with Gasteiger partial charge in [-0.1, -0.05) is 6.92 Å². The Labute approximate surface area is 123 Å². The van der Waals surface area contributed by atoms with Gasteiger partial charge in [0, 0.05) is 25.3 Å². The molecule has 0 aliphatic heterocycles. The fourth-order valence-electron chi connectivity index (χ4n) is 1.90. The van der Waals surface area contributed by atoms with Crippen LogP contribution in [0.5, 0.6) is 0 Å². The maximum atomic E-state index is 12.2. The van der Waals surface area contributed by atoms with Crippen molar-refractivity contribution in [2.45, 2.75) is 26.3 Å². The normalized spacial score (nSPS) is 11.8. The average molecular weight is 295 g/mol. The molecule has 1 unspecified atom stereocenters. The number of amides is 1. The summed E-state index contributed by atoms with van der Waals surface area (Å²) in [5, 5.41) is 16.7. The van der Waals surface area contributed by atoms with Crippen LogP contribution >= 0.6 is 0 Å². The molecule has 21 heavy (non-hydrogen) atoms. The van der Waals surface area contributed by atoms with E-state index in [4.69, 9.17) is 4.74 Å². The van der Waals surface area contributed by atoms with E-state index in [0.717, 1.165) is 6.42 Å². The molecule has 0 aliphatic rings. The van der Waals surface area contributed by atoms with Crippen LogP contribution < -0.4 is 10.6 Å². The molecule has 1 aromatic rings. The summed E-state index contributed by atoms with van der Waals surface area (Å²) in [7, 11) is 1.57. The van der Waals surface area contributed by atoms with Gasteiger partial charge >= 0.3 is 0 Å². The Balaban J connectivity index is 2.94. The number of hydrogen-bond donors (Lipinski definition) is 2. The molecule has 1 atom stereocenters. The van der Waals surface area contributed by atoms with E-state index >= 15 is 0 Å². The number of benzene rings is 1. The van der Waals surface area contributed by atoms with Crippen LogP contribution in [0.2, 0.25) is 0 Å². The van der Waals surface area contributed by atoms with Gasteiger partial charge in [0.25, 0.3) is 11.6 Å². The molecule has 0 radical (unpaired) electrons. The van der Waals surface area contributed by atoms with E-state index in [2.05, 4.69) is 10.6 Å². The van der Waals surface area contributed by atoms with Crippen LogP contribution in [0.1, 0.15) is 30.6 Å². The van der Waals surface area contributed by atoms with Crippen LogP contribution in [0.3, 0.4) is 0 Å². The second kappa shape index (κ2) is 8.21. The average Bonchev–Trinajstić information content (AvgIpc) is 2.46. The van der Waals surface area contributed by atoms with Crippen molar-refractivity contribution in [1.29, 1.82) is 0 Å². The van der Waals surface area contributed by atoms with E-state index in [1.54, 1.807) is 7.11 Å². The van der Waals surface area contributed by atoms with E-state index in [9.17, 15) is 14.9 Å². The van der Waals surface area contributed by atoms with Crippen LogP contribution in [0.15, 0.2) is 18.2 Å². The van der Waals surface area contributed by atoms with Gasteiger partial charge in [0.05, 0.1) is 17.6 Å². The zero-order chi connectivity index (χ0) is 15.8. The number of nitrogens with zero attached hydrogens (tertiary/aromatic N) is 1. The fourth-order valence-corrected chi connectivity index (χ4v) is 1.90. The fraction of sp³-hybridized carbons (Fsp3) is 0.500. The molecule has 7 heteroatoms. The number of rotatable bonds is 8. The molecule has 1 rings (SSSR count). The van der Waals surface area contributed by atoms with Crippen molar-refractivity contribution in [3.05, 3.63) is 33.9 Å². The Morgan fingerprint density at radius 1 is 1.43 bits per heavy atom. The number of nitrogens with one attached hydrogen (secondary N) is 2. The summed E-state index contributed by atoms with van der Waals surface area (Å²) in [5.41, 5.74) is 0.679. The molecule has 2 N–H and O–H groups in total. The van der Waals surface area contributed by atoms with E-state index in [1.165, 1.54) is 18.2 Å². The van der Waals surface area contributed by atoms with E-state index in [1.807, 2.05) is 13.8 Å². The van der Waals surface area contributed by atoms with Gasteiger partial charge in [-0.25, -0.2) is 0 Å². The maximum Gasteiger partial charge on any atom is 0.292 e. The van der Waals surface area contributed by atoms with Crippen LogP contribution in [-0.2, 0) is 4.74 Å². The van der Waals surface area contributed by atoms with Crippen molar-refractivity contribution in [3.8, 4) is 0 Å². The van der Waals surface area contributed by atoms with Gasteiger partial charge in [0.2, 0.25) is 0 Å². The topological polar surface area (TPSA) is 93.5 Å². The number of anilines is 1. The smallest absolute Gasteiger partial charge is 0.292 e. The summed E-state index contributed by atoms with van der Waals surface area (Å²) in [4.78, 5) is 22.6. The molecule has 1 amide bonds. The van der Waals surface area contributed by atoms with Crippen molar-refractivity contribution in [3.63, 3.8) is 0 Å². The van der Waals surface area contributed by atoms with Gasteiger partial charge < -0.3 is 15.4 Å². The van der Waals surface area contributed by atoms with E-state index in [-0.39, 0.29) is 17.6 Å². The van der Waals surface area contributed by atoms with Crippen molar-refractivity contribution < 1.29 is 14.5 Å². The minimum atomic E-state index is -0.473. The van der Waals surface area contributed by atoms with Crippen molar-refractivity contribution >= 4 is 17.3 Å². The van der Waals surface area contributed by atoms with Gasteiger partial charge in [0.1, 0.15) is 5.69 Å². The second-order valence-corrected chi connectivity index (χ2v) is 4.55. The summed E-state index contributed by atoms with van der Waals surface area (Å²) < 4.78 is 5.03. The highest BCUT2D eigenvalue weighted by Gasteiger charge is 2.18. The highest BCUT2D eigenvalue weighted by atomic mass is 16.6. The Morgan fingerprint density at radius 2 is 2.14 bits per heavy atom. The number of ether oxygens (including phenoxy) is 1. The molecule has 116 valence electrons. The number of carbonyl (C=O) groups excluding carboxylic acids is 1. The summed E-state index contributed by atoms with van der Waals surface area (Å²) in [6.45, 7) is 4.74. The molecule has 1 aromatic carbocycles. The Kier molecular flexibility index (Phi) is 6.61. The second-order valence-electron chi connectivity index (χ2n) is 4.55. The highest BCUT2D eigenvalue weighted by molar-refractivity contribution is 5.96. The lowest BCUT2D eigenvalue weighted by Crippen LogP contribution is -2.37. The van der Waals surface area contributed by atoms with Gasteiger partial charge in [-0.3, -0.25) is 14.9 Å². The van der Waals surface area contributed by atoms with Gasteiger partial charge in [-0.05, 0) is 25.5 Å². The third-order valence-electron chi connectivity index (χ3n) is 3.02. The van der Waals surface area contributed by atoms with Gasteiger partial charge in [-0.15, -0.1) is 0 Å². The first kappa shape index (κ1) is 16.9.